The molecule has 5 heteroatoms. The van der Waals surface area contributed by atoms with Crippen LogP contribution in [0.25, 0.3) is 6.08 Å². The third kappa shape index (κ3) is 4.76. The number of hydrogen-bond donors (Lipinski definition) is 1. The Morgan fingerprint density at radius 1 is 1.15 bits per heavy atom. The van der Waals surface area contributed by atoms with Gasteiger partial charge in [-0.05, 0) is 36.9 Å². The van der Waals surface area contributed by atoms with Crippen molar-refractivity contribution in [3.63, 3.8) is 0 Å². The SMILES string of the molecule is CCc1ccc(C=CC(=O)NCc2ccccc2N2CCN(C)CC2)o1. The van der Waals surface area contributed by atoms with Crippen LogP contribution in [-0.2, 0) is 17.8 Å². The molecule has 1 aromatic heterocycles. The molecule has 1 aliphatic heterocycles. The Kier molecular flexibility index (Phi) is 6.12. The molecule has 2 heterocycles. The molecule has 26 heavy (non-hydrogen) atoms. The molecular formula is C21H27N3O2. The first-order chi connectivity index (χ1) is 12.7. The summed E-state index contributed by atoms with van der Waals surface area (Å²) in [6.45, 7) is 6.71. The highest BCUT2D eigenvalue weighted by Gasteiger charge is 2.16. The molecule has 3 rings (SSSR count). The van der Waals surface area contributed by atoms with Crippen LogP contribution in [0.2, 0.25) is 0 Å². The molecule has 0 saturated carbocycles. The Balaban J connectivity index is 1.58. The fourth-order valence-electron chi connectivity index (χ4n) is 3.09. The van der Waals surface area contributed by atoms with Crippen molar-refractivity contribution in [3.05, 3.63) is 59.6 Å². The number of para-hydroxylation sites is 1. The van der Waals surface area contributed by atoms with Crippen LogP contribution in [0, 0.1) is 0 Å². The van der Waals surface area contributed by atoms with E-state index in [1.165, 1.54) is 11.8 Å². The standard InChI is InChI=1S/C21H27N3O2/c1-3-18-8-9-19(26-18)10-11-21(25)22-16-17-6-4-5-7-20(17)24-14-12-23(2)13-15-24/h4-11H,3,12-16H2,1-2H3,(H,22,25). The lowest BCUT2D eigenvalue weighted by Crippen LogP contribution is -2.45. The van der Waals surface area contributed by atoms with Gasteiger partial charge in [0.15, 0.2) is 0 Å². The molecule has 0 atom stereocenters. The molecule has 0 radical (unpaired) electrons. The van der Waals surface area contributed by atoms with Gasteiger partial charge < -0.3 is 19.5 Å². The predicted octanol–water partition coefficient (Wildman–Crippen LogP) is 2.92. The highest BCUT2D eigenvalue weighted by atomic mass is 16.3. The van der Waals surface area contributed by atoms with Gasteiger partial charge in [-0.2, -0.15) is 0 Å². The Morgan fingerprint density at radius 2 is 1.92 bits per heavy atom. The third-order valence-corrected chi connectivity index (χ3v) is 4.72. The summed E-state index contributed by atoms with van der Waals surface area (Å²) in [6, 6.07) is 12.1. The fourth-order valence-corrected chi connectivity index (χ4v) is 3.09. The van der Waals surface area contributed by atoms with Gasteiger partial charge >= 0.3 is 0 Å². The summed E-state index contributed by atoms with van der Waals surface area (Å²) in [5, 5.41) is 2.97. The second-order valence-corrected chi connectivity index (χ2v) is 6.63. The Labute approximate surface area is 155 Å². The lowest BCUT2D eigenvalue weighted by Gasteiger charge is -2.35. The number of aryl methyl sites for hydroxylation is 1. The quantitative estimate of drug-likeness (QED) is 0.811. The highest BCUT2D eigenvalue weighted by Crippen LogP contribution is 2.21. The summed E-state index contributed by atoms with van der Waals surface area (Å²) >= 11 is 0. The molecule has 0 spiro atoms. The lowest BCUT2D eigenvalue weighted by atomic mass is 10.1. The number of nitrogens with zero attached hydrogens (tertiary/aromatic N) is 2. The number of nitrogens with one attached hydrogen (secondary N) is 1. The van der Waals surface area contributed by atoms with E-state index in [-0.39, 0.29) is 5.91 Å². The van der Waals surface area contributed by atoms with Gasteiger partial charge in [0, 0.05) is 50.9 Å². The molecule has 138 valence electrons. The summed E-state index contributed by atoms with van der Waals surface area (Å²) in [4.78, 5) is 16.9. The summed E-state index contributed by atoms with van der Waals surface area (Å²) < 4.78 is 5.58. The molecule has 0 unspecified atom stereocenters. The smallest absolute Gasteiger partial charge is 0.244 e. The maximum atomic E-state index is 12.1. The van der Waals surface area contributed by atoms with E-state index >= 15 is 0 Å². The second-order valence-electron chi connectivity index (χ2n) is 6.63. The Bertz CT molecular complexity index is 758. The van der Waals surface area contributed by atoms with Crippen molar-refractivity contribution in [2.45, 2.75) is 19.9 Å². The van der Waals surface area contributed by atoms with Crippen LogP contribution >= 0.6 is 0 Å². The number of furan rings is 1. The minimum absolute atomic E-state index is 0.118. The molecule has 1 amide bonds. The summed E-state index contributed by atoms with van der Waals surface area (Å²) in [7, 11) is 2.15. The van der Waals surface area contributed by atoms with Gasteiger partial charge in [0.2, 0.25) is 5.91 Å². The van der Waals surface area contributed by atoms with Crippen LogP contribution in [-0.4, -0.2) is 44.0 Å². The number of hydrogen-bond acceptors (Lipinski definition) is 4. The van der Waals surface area contributed by atoms with E-state index in [2.05, 4.69) is 40.4 Å². The topological polar surface area (TPSA) is 48.7 Å². The predicted molar refractivity (Wildman–Crippen MR) is 105 cm³/mol. The zero-order valence-electron chi connectivity index (χ0n) is 15.6. The van der Waals surface area contributed by atoms with Gasteiger partial charge in [-0.3, -0.25) is 4.79 Å². The van der Waals surface area contributed by atoms with Crippen molar-refractivity contribution >= 4 is 17.7 Å². The van der Waals surface area contributed by atoms with Crippen LogP contribution in [0.15, 0.2) is 46.9 Å². The molecule has 1 N–H and O–H groups in total. The van der Waals surface area contributed by atoms with Crippen molar-refractivity contribution in [2.24, 2.45) is 0 Å². The molecule has 0 bridgehead atoms. The average Bonchev–Trinajstić information content (AvgIpc) is 3.14. The van der Waals surface area contributed by atoms with E-state index in [9.17, 15) is 4.79 Å². The molecule has 1 aromatic carbocycles. The van der Waals surface area contributed by atoms with E-state index in [0.717, 1.165) is 43.9 Å². The zero-order valence-corrected chi connectivity index (χ0v) is 15.6. The van der Waals surface area contributed by atoms with E-state index in [4.69, 9.17) is 4.42 Å². The monoisotopic (exact) mass is 353 g/mol. The van der Waals surface area contributed by atoms with E-state index in [1.807, 2.05) is 25.1 Å². The maximum absolute atomic E-state index is 12.1. The van der Waals surface area contributed by atoms with Gasteiger partial charge in [-0.15, -0.1) is 0 Å². The van der Waals surface area contributed by atoms with Crippen LogP contribution in [0.5, 0.6) is 0 Å². The van der Waals surface area contributed by atoms with Crippen molar-refractivity contribution in [1.82, 2.24) is 10.2 Å². The Hall–Kier alpha value is -2.53. The van der Waals surface area contributed by atoms with Crippen LogP contribution in [0.1, 0.15) is 24.0 Å². The second kappa shape index (κ2) is 8.72. The molecule has 5 nitrogen and oxygen atoms in total. The summed E-state index contributed by atoms with van der Waals surface area (Å²) in [6.07, 6.45) is 4.08. The number of carbonyl (C=O) groups excluding carboxylic acids is 1. The maximum Gasteiger partial charge on any atom is 0.244 e. The number of anilines is 1. The number of amides is 1. The van der Waals surface area contributed by atoms with Crippen molar-refractivity contribution in [1.29, 1.82) is 0 Å². The molecular weight excluding hydrogens is 326 g/mol. The third-order valence-electron chi connectivity index (χ3n) is 4.72. The van der Waals surface area contributed by atoms with Gasteiger partial charge in [0.1, 0.15) is 11.5 Å². The van der Waals surface area contributed by atoms with E-state index in [1.54, 1.807) is 6.08 Å². The number of likely N-dealkylation sites (N-methyl/N-ethyl adjacent to an activating group) is 1. The van der Waals surface area contributed by atoms with E-state index in [0.29, 0.717) is 12.3 Å². The van der Waals surface area contributed by atoms with Gasteiger partial charge in [-0.25, -0.2) is 0 Å². The number of rotatable bonds is 6. The molecule has 1 fully saturated rings. The minimum atomic E-state index is -0.118. The number of piperazine rings is 1. The number of carbonyl (C=O) groups is 1. The lowest BCUT2D eigenvalue weighted by molar-refractivity contribution is -0.116. The first kappa shape index (κ1) is 18.3. The molecule has 0 aliphatic carbocycles. The van der Waals surface area contributed by atoms with Crippen LogP contribution in [0.4, 0.5) is 5.69 Å². The van der Waals surface area contributed by atoms with Crippen molar-refractivity contribution in [3.8, 4) is 0 Å². The van der Waals surface area contributed by atoms with Gasteiger partial charge in [0.05, 0.1) is 0 Å². The first-order valence-corrected chi connectivity index (χ1v) is 9.21. The molecule has 1 aliphatic rings. The zero-order chi connectivity index (χ0) is 18.4. The fraction of sp³-hybridized carbons (Fsp3) is 0.381. The van der Waals surface area contributed by atoms with Crippen LogP contribution in [0.3, 0.4) is 0 Å². The molecule has 2 aromatic rings. The van der Waals surface area contributed by atoms with E-state index < -0.39 is 0 Å². The van der Waals surface area contributed by atoms with Gasteiger partial charge in [-0.1, -0.05) is 25.1 Å². The summed E-state index contributed by atoms with van der Waals surface area (Å²) in [5.41, 5.74) is 2.36. The van der Waals surface area contributed by atoms with Crippen LogP contribution < -0.4 is 10.2 Å². The number of benzene rings is 1. The highest BCUT2D eigenvalue weighted by molar-refractivity contribution is 5.91. The van der Waals surface area contributed by atoms with Crippen molar-refractivity contribution in [2.75, 3.05) is 38.1 Å². The van der Waals surface area contributed by atoms with Gasteiger partial charge in [0.25, 0.3) is 0 Å². The minimum Gasteiger partial charge on any atom is -0.462 e. The average molecular weight is 353 g/mol. The Morgan fingerprint density at radius 3 is 2.65 bits per heavy atom. The first-order valence-electron chi connectivity index (χ1n) is 9.21. The van der Waals surface area contributed by atoms with Crippen molar-refractivity contribution < 1.29 is 9.21 Å². The largest absolute Gasteiger partial charge is 0.462 e. The molecule has 1 saturated heterocycles. The normalized spacial score (nSPS) is 15.5. The summed E-state index contributed by atoms with van der Waals surface area (Å²) in [5.74, 6) is 1.51.